The highest BCUT2D eigenvalue weighted by atomic mass is 79.9. The molecule has 0 spiro atoms. The van der Waals surface area contributed by atoms with Crippen molar-refractivity contribution in [3.8, 4) is 0 Å². The number of hydrogen-bond donors (Lipinski definition) is 1. The lowest BCUT2D eigenvalue weighted by Gasteiger charge is -2.27. The van der Waals surface area contributed by atoms with Crippen molar-refractivity contribution in [3.63, 3.8) is 0 Å². The molecule has 94 valence electrons. The van der Waals surface area contributed by atoms with E-state index in [0.29, 0.717) is 9.80 Å². The molecule has 1 atom stereocenters. The summed E-state index contributed by atoms with van der Waals surface area (Å²) in [6.07, 6.45) is 0.764. The van der Waals surface area contributed by atoms with Gasteiger partial charge in [-0.15, -0.1) is 0 Å². The van der Waals surface area contributed by atoms with Crippen molar-refractivity contribution in [1.82, 2.24) is 5.32 Å². The van der Waals surface area contributed by atoms with E-state index in [1.54, 1.807) is 6.07 Å². The summed E-state index contributed by atoms with van der Waals surface area (Å²) < 4.78 is 14.2. The van der Waals surface area contributed by atoms with Gasteiger partial charge in [0, 0.05) is 15.3 Å². The average molecular weight is 367 g/mol. The van der Waals surface area contributed by atoms with Crippen molar-refractivity contribution in [2.75, 3.05) is 5.33 Å². The van der Waals surface area contributed by atoms with Gasteiger partial charge < -0.3 is 5.32 Å². The van der Waals surface area contributed by atoms with Crippen LogP contribution in [0.3, 0.4) is 0 Å². The molecule has 1 rings (SSSR count). The Hall–Kier alpha value is -0.420. The Balaban J connectivity index is 2.94. The fourth-order valence-electron chi connectivity index (χ4n) is 1.23. The second kappa shape index (κ2) is 5.96. The molecule has 1 aromatic carbocycles. The normalized spacial score (nSPS) is 14.2. The Bertz CT molecular complexity index is 419. The molecule has 0 aliphatic heterocycles. The highest BCUT2D eigenvalue weighted by Crippen LogP contribution is 2.18. The second-order valence-electron chi connectivity index (χ2n) is 4.13. The maximum absolute atomic E-state index is 13.5. The second-order valence-corrected chi connectivity index (χ2v) is 5.60. The van der Waals surface area contributed by atoms with Gasteiger partial charge in [-0.3, -0.25) is 4.79 Å². The zero-order valence-electron chi connectivity index (χ0n) is 9.69. The molecular weight excluding hydrogens is 353 g/mol. The van der Waals surface area contributed by atoms with Crippen molar-refractivity contribution in [2.24, 2.45) is 0 Å². The SMILES string of the molecule is CCC(C)(CBr)NC(=O)c1cc(Br)ccc1F. The predicted octanol–water partition coefficient (Wildman–Crippen LogP) is 3.88. The smallest absolute Gasteiger partial charge is 0.254 e. The third-order valence-corrected chi connectivity index (χ3v) is 4.39. The van der Waals surface area contributed by atoms with Crippen molar-refractivity contribution >= 4 is 37.8 Å². The molecule has 0 saturated heterocycles. The molecule has 0 aliphatic rings. The first kappa shape index (κ1) is 14.6. The van der Waals surface area contributed by atoms with Gasteiger partial charge in [0.15, 0.2) is 0 Å². The van der Waals surface area contributed by atoms with Crippen molar-refractivity contribution in [3.05, 3.63) is 34.1 Å². The van der Waals surface area contributed by atoms with Crippen molar-refractivity contribution in [2.45, 2.75) is 25.8 Å². The summed E-state index contributed by atoms with van der Waals surface area (Å²) >= 11 is 6.57. The first-order valence-corrected chi connectivity index (χ1v) is 7.17. The number of halogens is 3. The quantitative estimate of drug-likeness (QED) is 0.805. The zero-order chi connectivity index (χ0) is 13.1. The highest BCUT2D eigenvalue weighted by molar-refractivity contribution is 9.10. The van der Waals surface area contributed by atoms with E-state index in [9.17, 15) is 9.18 Å². The minimum Gasteiger partial charge on any atom is -0.346 e. The Labute approximate surface area is 117 Å². The first-order chi connectivity index (χ1) is 7.91. The predicted molar refractivity (Wildman–Crippen MR) is 74.1 cm³/mol. The van der Waals surface area contributed by atoms with Gasteiger partial charge in [0.05, 0.1) is 5.56 Å². The van der Waals surface area contributed by atoms with E-state index in [2.05, 4.69) is 37.2 Å². The van der Waals surface area contributed by atoms with Gasteiger partial charge in [-0.25, -0.2) is 4.39 Å². The third kappa shape index (κ3) is 3.78. The summed E-state index contributed by atoms with van der Waals surface area (Å²) in [5, 5.41) is 3.45. The van der Waals surface area contributed by atoms with Gasteiger partial charge in [-0.1, -0.05) is 38.8 Å². The Morgan fingerprint density at radius 1 is 1.53 bits per heavy atom. The highest BCUT2D eigenvalue weighted by Gasteiger charge is 2.24. The van der Waals surface area contributed by atoms with Gasteiger partial charge in [0.25, 0.3) is 5.91 Å². The molecule has 0 aliphatic carbocycles. The lowest BCUT2D eigenvalue weighted by atomic mass is 10.0. The lowest BCUT2D eigenvalue weighted by Crippen LogP contribution is -2.47. The fraction of sp³-hybridized carbons (Fsp3) is 0.417. The van der Waals surface area contributed by atoms with E-state index in [1.165, 1.54) is 12.1 Å². The molecule has 5 heteroatoms. The van der Waals surface area contributed by atoms with Crippen LogP contribution in [0.15, 0.2) is 22.7 Å². The number of rotatable bonds is 4. The van der Waals surface area contributed by atoms with Crippen LogP contribution < -0.4 is 5.32 Å². The summed E-state index contributed by atoms with van der Waals surface area (Å²) in [5.41, 5.74) is -0.314. The Morgan fingerprint density at radius 2 is 2.18 bits per heavy atom. The minimum absolute atomic E-state index is 0.0556. The average Bonchev–Trinajstić information content (AvgIpc) is 2.32. The van der Waals surface area contributed by atoms with Crippen LogP contribution in [0.25, 0.3) is 0 Å². The van der Waals surface area contributed by atoms with E-state index in [1.807, 2.05) is 13.8 Å². The fourth-order valence-corrected chi connectivity index (χ4v) is 2.13. The monoisotopic (exact) mass is 365 g/mol. The van der Waals surface area contributed by atoms with Crippen LogP contribution in [0.5, 0.6) is 0 Å². The molecule has 17 heavy (non-hydrogen) atoms. The number of nitrogens with one attached hydrogen (secondary N) is 1. The van der Waals surface area contributed by atoms with E-state index < -0.39 is 11.7 Å². The molecule has 2 nitrogen and oxygen atoms in total. The van der Waals surface area contributed by atoms with E-state index in [4.69, 9.17) is 0 Å². The number of carbonyl (C=O) groups excluding carboxylic acids is 1. The minimum atomic E-state index is -0.515. The van der Waals surface area contributed by atoms with Crippen molar-refractivity contribution in [1.29, 1.82) is 0 Å². The maximum Gasteiger partial charge on any atom is 0.254 e. The molecule has 0 heterocycles. The molecule has 0 aromatic heterocycles. The zero-order valence-corrected chi connectivity index (χ0v) is 12.9. The third-order valence-electron chi connectivity index (χ3n) is 2.66. The van der Waals surface area contributed by atoms with Crippen molar-refractivity contribution < 1.29 is 9.18 Å². The van der Waals surface area contributed by atoms with Gasteiger partial charge in [-0.05, 0) is 31.5 Å². The molecule has 0 radical (unpaired) electrons. The van der Waals surface area contributed by atoms with E-state index in [0.717, 1.165) is 6.42 Å². The van der Waals surface area contributed by atoms with Crippen LogP contribution >= 0.6 is 31.9 Å². The number of amides is 1. The molecule has 0 bridgehead atoms. The van der Waals surface area contributed by atoms with Gasteiger partial charge in [-0.2, -0.15) is 0 Å². The summed E-state index contributed by atoms with van der Waals surface area (Å²) in [6, 6.07) is 4.32. The van der Waals surface area contributed by atoms with Crippen LogP contribution in [-0.2, 0) is 0 Å². The lowest BCUT2D eigenvalue weighted by molar-refractivity contribution is 0.0909. The summed E-state index contributed by atoms with van der Waals surface area (Å²) in [5.74, 6) is -0.911. The van der Waals surface area contributed by atoms with Gasteiger partial charge in [0.1, 0.15) is 5.82 Å². The number of alkyl halides is 1. The van der Waals surface area contributed by atoms with Gasteiger partial charge >= 0.3 is 0 Å². The summed E-state index contributed by atoms with van der Waals surface area (Å²) in [6.45, 7) is 3.88. The van der Waals surface area contributed by atoms with Crippen LogP contribution in [0.1, 0.15) is 30.6 Å². The molecule has 1 N–H and O–H groups in total. The molecular formula is C12H14Br2FNO. The summed E-state index contributed by atoms with van der Waals surface area (Å²) in [7, 11) is 0. The number of carbonyl (C=O) groups is 1. The van der Waals surface area contributed by atoms with E-state index in [-0.39, 0.29) is 11.1 Å². The molecule has 0 saturated carbocycles. The van der Waals surface area contributed by atoms with Crippen LogP contribution in [0, 0.1) is 5.82 Å². The number of hydrogen-bond acceptors (Lipinski definition) is 1. The largest absolute Gasteiger partial charge is 0.346 e. The molecule has 0 fully saturated rings. The molecule has 1 amide bonds. The van der Waals surface area contributed by atoms with E-state index >= 15 is 0 Å². The van der Waals surface area contributed by atoms with Crippen LogP contribution in [-0.4, -0.2) is 16.8 Å². The maximum atomic E-state index is 13.5. The standard InChI is InChI=1S/C12H14Br2FNO/c1-3-12(2,7-13)16-11(17)9-6-8(14)4-5-10(9)15/h4-6H,3,7H2,1-2H3,(H,16,17). The molecule has 1 unspecified atom stereocenters. The van der Waals surface area contributed by atoms with Gasteiger partial charge in [0.2, 0.25) is 0 Å². The molecule has 1 aromatic rings. The first-order valence-electron chi connectivity index (χ1n) is 5.25. The Morgan fingerprint density at radius 3 is 2.71 bits per heavy atom. The topological polar surface area (TPSA) is 29.1 Å². The Kier molecular flexibility index (Phi) is 5.13. The van der Waals surface area contributed by atoms with Crippen LogP contribution in [0.2, 0.25) is 0 Å². The summed E-state index contributed by atoms with van der Waals surface area (Å²) in [4.78, 5) is 12.0. The van der Waals surface area contributed by atoms with Crippen LogP contribution in [0.4, 0.5) is 4.39 Å². The number of benzene rings is 1.